The highest BCUT2D eigenvalue weighted by atomic mass is 16.1. The molecule has 1 N–H and O–H groups in total. The summed E-state index contributed by atoms with van der Waals surface area (Å²) >= 11 is 0. The van der Waals surface area contributed by atoms with Crippen molar-refractivity contribution in [1.82, 2.24) is 14.9 Å². The third kappa shape index (κ3) is 3.97. The molecular formula is C11H17N3O. The summed E-state index contributed by atoms with van der Waals surface area (Å²) in [5, 5.41) is 2.85. The molecule has 0 saturated heterocycles. The summed E-state index contributed by atoms with van der Waals surface area (Å²) in [4.78, 5) is 15.4. The van der Waals surface area contributed by atoms with Crippen LogP contribution >= 0.6 is 0 Å². The number of amides is 1. The summed E-state index contributed by atoms with van der Waals surface area (Å²) in [5.41, 5.74) is 0.781. The fourth-order valence-electron chi connectivity index (χ4n) is 1.26. The van der Waals surface area contributed by atoms with E-state index in [0.717, 1.165) is 18.5 Å². The zero-order chi connectivity index (χ0) is 11.1. The number of allylic oxidation sites excluding steroid dienone is 1. The maximum absolute atomic E-state index is 11.5. The molecule has 15 heavy (non-hydrogen) atoms. The van der Waals surface area contributed by atoms with Gasteiger partial charge in [-0.05, 0) is 13.3 Å². The number of carbonyl (C=O) groups excluding carboxylic acids is 1. The average molecular weight is 207 g/mol. The Kier molecular flexibility index (Phi) is 4.60. The largest absolute Gasteiger partial charge is 0.351 e. The fraction of sp³-hybridized carbons (Fsp3) is 0.455. The topological polar surface area (TPSA) is 46.9 Å². The highest BCUT2D eigenvalue weighted by molar-refractivity contribution is 5.92. The standard InChI is InChI=1S/C11H17N3O/c1-3-4-10(2)11(15)13-6-8-14-7-5-12-9-14/h4-5,7,9H,3,6,8H2,1-2H3,(H,13,15)/b10-4-. The van der Waals surface area contributed by atoms with Crippen molar-refractivity contribution in [3.05, 3.63) is 30.4 Å². The summed E-state index contributed by atoms with van der Waals surface area (Å²) in [6.45, 7) is 5.23. The van der Waals surface area contributed by atoms with E-state index in [-0.39, 0.29) is 5.91 Å². The van der Waals surface area contributed by atoms with Crippen LogP contribution in [0.1, 0.15) is 20.3 Å². The number of aromatic nitrogens is 2. The van der Waals surface area contributed by atoms with Gasteiger partial charge in [0.1, 0.15) is 0 Å². The maximum Gasteiger partial charge on any atom is 0.246 e. The van der Waals surface area contributed by atoms with Crippen LogP contribution in [0.4, 0.5) is 0 Å². The van der Waals surface area contributed by atoms with Crippen LogP contribution in [0.15, 0.2) is 30.4 Å². The minimum absolute atomic E-state index is 0.0111. The van der Waals surface area contributed by atoms with Crippen LogP contribution in [0.2, 0.25) is 0 Å². The Morgan fingerprint density at radius 1 is 1.60 bits per heavy atom. The molecule has 0 spiro atoms. The normalized spacial score (nSPS) is 11.5. The van der Waals surface area contributed by atoms with Crippen LogP contribution in [0.3, 0.4) is 0 Å². The number of nitrogens with one attached hydrogen (secondary N) is 1. The van der Waals surface area contributed by atoms with Crippen molar-refractivity contribution >= 4 is 5.91 Å². The Bertz CT molecular complexity index is 328. The molecule has 0 aliphatic heterocycles. The molecule has 0 atom stereocenters. The average Bonchev–Trinajstić information content (AvgIpc) is 2.71. The molecule has 0 unspecified atom stereocenters. The molecule has 1 rings (SSSR count). The smallest absolute Gasteiger partial charge is 0.246 e. The van der Waals surface area contributed by atoms with Gasteiger partial charge < -0.3 is 9.88 Å². The van der Waals surface area contributed by atoms with Crippen molar-refractivity contribution in [2.45, 2.75) is 26.8 Å². The van der Waals surface area contributed by atoms with Crippen LogP contribution < -0.4 is 5.32 Å². The molecule has 0 bridgehead atoms. The van der Waals surface area contributed by atoms with E-state index in [1.54, 1.807) is 12.5 Å². The summed E-state index contributed by atoms with van der Waals surface area (Å²) in [6.07, 6.45) is 8.15. The SMILES string of the molecule is CC/C=C(/C)C(=O)NCCn1ccnc1. The highest BCUT2D eigenvalue weighted by Crippen LogP contribution is 1.94. The second-order valence-corrected chi connectivity index (χ2v) is 3.35. The van der Waals surface area contributed by atoms with E-state index in [2.05, 4.69) is 10.3 Å². The van der Waals surface area contributed by atoms with Gasteiger partial charge in [0.25, 0.3) is 0 Å². The molecule has 0 aliphatic rings. The van der Waals surface area contributed by atoms with Gasteiger partial charge in [0.15, 0.2) is 0 Å². The number of hydrogen-bond donors (Lipinski definition) is 1. The first-order chi connectivity index (χ1) is 7.24. The number of hydrogen-bond acceptors (Lipinski definition) is 2. The van der Waals surface area contributed by atoms with Gasteiger partial charge in [0.05, 0.1) is 6.33 Å². The molecule has 1 aromatic rings. The van der Waals surface area contributed by atoms with Crippen LogP contribution in [-0.4, -0.2) is 22.0 Å². The minimum atomic E-state index is 0.0111. The Labute approximate surface area is 90.0 Å². The number of nitrogens with zero attached hydrogens (tertiary/aromatic N) is 2. The van der Waals surface area contributed by atoms with Gasteiger partial charge >= 0.3 is 0 Å². The molecule has 0 fully saturated rings. The van der Waals surface area contributed by atoms with Crippen LogP contribution in [0.5, 0.6) is 0 Å². The maximum atomic E-state index is 11.5. The molecule has 1 amide bonds. The third-order valence-corrected chi connectivity index (χ3v) is 2.08. The van der Waals surface area contributed by atoms with Gasteiger partial charge in [0, 0.05) is 31.1 Å². The van der Waals surface area contributed by atoms with Crippen LogP contribution in [-0.2, 0) is 11.3 Å². The number of rotatable bonds is 5. The Balaban J connectivity index is 2.26. The van der Waals surface area contributed by atoms with Gasteiger partial charge in [-0.3, -0.25) is 4.79 Å². The van der Waals surface area contributed by atoms with Crippen molar-refractivity contribution in [2.24, 2.45) is 0 Å². The molecule has 82 valence electrons. The summed E-state index contributed by atoms with van der Waals surface area (Å²) in [7, 11) is 0. The number of carbonyl (C=O) groups is 1. The van der Waals surface area contributed by atoms with Crippen molar-refractivity contribution in [3.8, 4) is 0 Å². The van der Waals surface area contributed by atoms with Crippen molar-refractivity contribution in [1.29, 1.82) is 0 Å². The van der Waals surface area contributed by atoms with Crippen LogP contribution in [0, 0.1) is 0 Å². The predicted molar refractivity (Wildman–Crippen MR) is 59.3 cm³/mol. The lowest BCUT2D eigenvalue weighted by molar-refractivity contribution is -0.117. The van der Waals surface area contributed by atoms with E-state index >= 15 is 0 Å². The molecule has 1 heterocycles. The van der Waals surface area contributed by atoms with Crippen LogP contribution in [0.25, 0.3) is 0 Å². The lowest BCUT2D eigenvalue weighted by Gasteiger charge is -2.05. The van der Waals surface area contributed by atoms with Gasteiger partial charge in [0.2, 0.25) is 5.91 Å². The van der Waals surface area contributed by atoms with Gasteiger partial charge in [-0.1, -0.05) is 13.0 Å². The lowest BCUT2D eigenvalue weighted by Crippen LogP contribution is -2.27. The molecule has 4 heteroatoms. The molecule has 0 saturated carbocycles. The summed E-state index contributed by atoms with van der Waals surface area (Å²) in [6, 6.07) is 0. The van der Waals surface area contributed by atoms with Crippen molar-refractivity contribution in [2.75, 3.05) is 6.54 Å². The van der Waals surface area contributed by atoms with E-state index in [4.69, 9.17) is 0 Å². The van der Waals surface area contributed by atoms with Gasteiger partial charge in [-0.2, -0.15) is 0 Å². The van der Waals surface area contributed by atoms with Crippen molar-refractivity contribution < 1.29 is 4.79 Å². The Morgan fingerprint density at radius 2 is 2.40 bits per heavy atom. The first-order valence-electron chi connectivity index (χ1n) is 5.14. The highest BCUT2D eigenvalue weighted by Gasteiger charge is 2.01. The molecule has 0 radical (unpaired) electrons. The first kappa shape index (κ1) is 11.5. The monoisotopic (exact) mass is 207 g/mol. The van der Waals surface area contributed by atoms with E-state index in [1.807, 2.05) is 30.7 Å². The van der Waals surface area contributed by atoms with Gasteiger partial charge in [-0.25, -0.2) is 4.98 Å². The van der Waals surface area contributed by atoms with E-state index in [9.17, 15) is 4.79 Å². The zero-order valence-corrected chi connectivity index (χ0v) is 9.23. The molecule has 0 aromatic carbocycles. The lowest BCUT2D eigenvalue weighted by atomic mass is 10.2. The number of imidazole rings is 1. The summed E-state index contributed by atoms with van der Waals surface area (Å²) < 4.78 is 1.93. The van der Waals surface area contributed by atoms with Crippen molar-refractivity contribution in [3.63, 3.8) is 0 Å². The Morgan fingerprint density at radius 3 is 3.00 bits per heavy atom. The second kappa shape index (κ2) is 6.01. The quantitative estimate of drug-likeness (QED) is 0.741. The van der Waals surface area contributed by atoms with E-state index in [1.165, 1.54) is 0 Å². The third-order valence-electron chi connectivity index (χ3n) is 2.08. The predicted octanol–water partition coefficient (Wildman–Crippen LogP) is 1.36. The molecule has 0 aliphatic carbocycles. The fourth-order valence-corrected chi connectivity index (χ4v) is 1.26. The Hall–Kier alpha value is -1.58. The minimum Gasteiger partial charge on any atom is -0.351 e. The van der Waals surface area contributed by atoms with E-state index < -0.39 is 0 Å². The zero-order valence-electron chi connectivity index (χ0n) is 9.23. The second-order valence-electron chi connectivity index (χ2n) is 3.35. The van der Waals surface area contributed by atoms with E-state index in [0.29, 0.717) is 6.54 Å². The molecule has 4 nitrogen and oxygen atoms in total. The molecule has 1 aromatic heterocycles. The summed E-state index contributed by atoms with van der Waals surface area (Å²) in [5.74, 6) is 0.0111. The first-order valence-corrected chi connectivity index (χ1v) is 5.14. The molecular weight excluding hydrogens is 190 g/mol. The van der Waals surface area contributed by atoms with Gasteiger partial charge in [-0.15, -0.1) is 0 Å².